The average Bonchev–Trinajstić information content (AvgIpc) is 3.04. The van der Waals surface area contributed by atoms with E-state index in [4.69, 9.17) is 11.6 Å². The van der Waals surface area contributed by atoms with Crippen LogP contribution in [0.3, 0.4) is 0 Å². The first-order chi connectivity index (χ1) is 11.2. The zero-order valence-corrected chi connectivity index (χ0v) is 14.4. The second-order valence-electron chi connectivity index (χ2n) is 5.37. The standard InChI is InChI=1S/C16H23ClN6/c1-18-16(19-8-3-4-9-23-12-20-21-13-23)22(2)11-14-6-5-7-15(17)10-14/h5-7,10,12-13H,3-4,8-9,11H2,1-2H3,(H,18,19). The van der Waals surface area contributed by atoms with Gasteiger partial charge in [0, 0.05) is 38.8 Å². The molecular formula is C16H23ClN6. The lowest BCUT2D eigenvalue weighted by atomic mass is 10.2. The summed E-state index contributed by atoms with van der Waals surface area (Å²) >= 11 is 6.03. The molecular weight excluding hydrogens is 312 g/mol. The summed E-state index contributed by atoms with van der Waals surface area (Å²) in [5.41, 5.74) is 1.16. The third-order valence-corrected chi connectivity index (χ3v) is 3.71. The van der Waals surface area contributed by atoms with Crippen LogP contribution in [0.5, 0.6) is 0 Å². The maximum absolute atomic E-state index is 6.03. The maximum Gasteiger partial charge on any atom is 0.193 e. The van der Waals surface area contributed by atoms with Crippen molar-refractivity contribution >= 4 is 17.6 Å². The van der Waals surface area contributed by atoms with Crippen LogP contribution in [0.4, 0.5) is 0 Å². The molecule has 0 saturated carbocycles. The van der Waals surface area contributed by atoms with E-state index in [0.717, 1.165) is 49.0 Å². The summed E-state index contributed by atoms with van der Waals surface area (Å²) < 4.78 is 1.99. The minimum Gasteiger partial charge on any atom is -0.356 e. The van der Waals surface area contributed by atoms with E-state index in [1.54, 1.807) is 19.7 Å². The van der Waals surface area contributed by atoms with E-state index in [9.17, 15) is 0 Å². The molecule has 124 valence electrons. The van der Waals surface area contributed by atoms with Crippen molar-refractivity contribution in [3.05, 3.63) is 47.5 Å². The second-order valence-corrected chi connectivity index (χ2v) is 5.80. The van der Waals surface area contributed by atoms with Gasteiger partial charge in [0.2, 0.25) is 0 Å². The predicted octanol–water partition coefficient (Wildman–Crippen LogP) is 2.42. The van der Waals surface area contributed by atoms with Crippen molar-refractivity contribution in [1.82, 2.24) is 25.0 Å². The van der Waals surface area contributed by atoms with Gasteiger partial charge in [0.1, 0.15) is 12.7 Å². The minimum atomic E-state index is 0.757. The van der Waals surface area contributed by atoms with E-state index in [2.05, 4.69) is 31.5 Å². The third kappa shape index (κ3) is 5.90. The van der Waals surface area contributed by atoms with E-state index >= 15 is 0 Å². The third-order valence-electron chi connectivity index (χ3n) is 3.47. The molecule has 1 aromatic heterocycles. The Morgan fingerprint density at radius 1 is 1.30 bits per heavy atom. The van der Waals surface area contributed by atoms with Gasteiger partial charge in [-0.1, -0.05) is 23.7 Å². The zero-order valence-electron chi connectivity index (χ0n) is 13.6. The van der Waals surface area contributed by atoms with Crippen LogP contribution in [0.25, 0.3) is 0 Å². The summed E-state index contributed by atoms with van der Waals surface area (Å²) in [5, 5.41) is 11.7. The van der Waals surface area contributed by atoms with Gasteiger partial charge in [0.15, 0.2) is 5.96 Å². The molecule has 1 aromatic carbocycles. The van der Waals surface area contributed by atoms with E-state index in [1.165, 1.54) is 0 Å². The van der Waals surface area contributed by atoms with E-state index in [1.807, 2.05) is 29.8 Å². The summed E-state index contributed by atoms with van der Waals surface area (Å²) in [6.07, 6.45) is 5.61. The van der Waals surface area contributed by atoms with Gasteiger partial charge in [0.25, 0.3) is 0 Å². The molecule has 0 amide bonds. The second kappa shape index (κ2) is 9.15. The zero-order chi connectivity index (χ0) is 16.5. The maximum atomic E-state index is 6.03. The number of benzene rings is 1. The fourth-order valence-corrected chi connectivity index (χ4v) is 2.54. The first kappa shape index (κ1) is 17.3. The number of aromatic nitrogens is 3. The van der Waals surface area contributed by atoms with Crippen LogP contribution >= 0.6 is 11.6 Å². The molecule has 0 aliphatic heterocycles. The fraction of sp³-hybridized carbons (Fsp3) is 0.438. The monoisotopic (exact) mass is 334 g/mol. The Balaban J connectivity index is 1.71. The molecule has 0 atom stereocenters. The van der Waals surface area contributed by atoms with Gasteiger partial charge in [-0.15, -0.1) is 10.2 Å². The Morgan fingerprint density at radius 2 is 2.09 bits per heavy atom. The topological polar surface area (TPSA) is 58.3 Å². The number of guanidine groups is 1. The van der Waals surface area contributed by atoms with Crippen molar-refractivity contribution in [2.24, 2.45) is 4.99 Å². The van der Waals surface area contributed by atoms with Crippen molar-refractivity contribution in [3.63, 3.8) is 0 Å². The van der Waals surface area contributed by atoms with Crippen LogP contribution in [0.2, 0.25) is 5.02 Å². The highest BCUT2D eigenvalue weighted by atomic mass is 35.5. The van der Waals surface area contributed by atoms with Crippen molar-refractivity contribution < 1.29 is 0 Å². The smallest absolute Gasteiger partial charge is 0.193 e. The molecule has 0 aliphatic carbocycles. The quantitative estimate of drug-likeness (QED) is 0.480. The summed E-state index contributed by atoms with van der Waals surface area (Å²) in [5.74, 6) is 0.884. The van der Waals surface area contributed by atoms with Gasteiger partial charge in [-0.2, -0.15) is 0 Å². The van der Waals surface area contributed by atoms with Crippen LogP contribution in [0.15, 0.2) is 41.9 Å². The molecule has 0 radical (unpaired) electrons. The Hall–Kier alpha value is -2.08. The Labute approximate surface area is 142 Å². The first-order valence-electron chi connectivity index (χ1n) is 7.67. The normalized spacial score (nSPS) is 11.5. The minimum absolute atomic E-state index is 0.757. The number of unbranched alkanes of at least 4 members (excludes halogenated alkanes) is 1. The number of halogens is 1. The van der Waals surface area contributed by atoms with Crippen LogP contribution in [0.1, 0.15) is 18.4 Å². The molecule has 7 heteroatoms. The van der Waals surface area contributed by atoms with Crippen molar-refractivity contribution in [2.75, 3.05) is 20.6 Å². The first-order valence-corrected chi connectivity index (χ1v) is 8.05. The van der Waals surface area contributed by atoms with Gasteiger partial charge < -0.3 is 14.8 Å². The lowest BCUT2D eigenvalue weighted by Crippen LogP contribution is -2.38. The van der Waals surface area contributed by atoms with Crippen LogP contribution in [-0.4, -0.2) is 46.3 Å². The molecule has 23 heavy (non-hydrogen) atoms. The van der Waals surface area contributed by atoms with Gasteiger partial charge in [-0.25, -0.2) is 0 Å². The highest BCUT2D eigenvalue weighted by Gasteiger charge is 2.06. The summed E-state index contributed by atoms with van der Waals surface area (Å²) in [4.78, 5) is 6.42. The number of hydrogen-bond donors (Lipinski definition) is 1. The number of nitrogens with zero attached hydrogens (tertiary/aromatic N) is 5. The molecule has 0 spiro atoms. The SMILES string of the molecule is CN=C(NCCCCn1cnnc1)N(C)Cc1cccc(Cl)c1. The van der Waals surface area contributed by atoms with Gasteiger partial charge in [-0.3, -0.25) is 4.99 Å². The highest BCUT2D eigenvalue weighted by molar-refractivity contribution is 6.30. The van der Waals surface area contributed by atoms with Crippen LogP contribution in [0, 0.1) is 0 Å². The average molecular weight is 335 g/mol. The number of aliphatic imine (C=N–C) groups is 1. The van der Waals surface area contributed by atoms with Gasteiger partial charge >= 0.3 is 0 Å². The number of hydrogen-bond acceptors (Lipinski definition) is 3. The van der Waals surface area contributed by atoms with Crippen molar-refractivity contribution in [2.45, 2.75) is 25.9 Å². The fourth-order valence-electron chi connectivity index (χ4n) is 2.33. The Bertz CT molecular complexity index is 611. The van der Waals surface area contributed by atoms with E-state index in [-0.39, 0.29) is 0 Å². The van der Waals surface area contributed by atoms with Gasteiger partial charge in [-0.05, 0) is 30.5 Å². The predicted molar refractivity (Wildman–Crippen MR) is 93.5 cm³/mol. The largest absolute Gasteiger partial charge is 0.356 e. The van der Waals surface area contributed by atoms with Crippen LogP contribution in [-0.2, 0) is 13.1 Å². The molecule has 0 aliphatic rings. The summed E-state index contributed by atoms with van der Waals surface area (Å²) in [7, 11) is 3.82. The van der Waals surface area contributed by atoms with Crippen molar-refractivity contribution in [1.29, 1.82) is 0 Å². The molecule has 6 nitrogen and oxygen atoms in total. The molecule has 0 bridgehead atoms. The molecule has 0 saturated heterocycles. The van der Waals surface area contributed by atoms with Gasteiger partial charge in [0.05, 0.1) is 0 Å². The number of nitrogens with one attached hydrogen (secondary N) is 1. The molecule has 1 N–H and O–H groups in total. The van der Waals surface area contributed by atoms with E-state index < -0.39 is 0 Å². The molecule has 0 fully saturated rings. The lowest BCUT2D eigenvalue weighted by molar-refractivity contribution is 0.473. The van der Waals surface area contributed by atoms with Crippen molar-refractivity contribution in [3.8, 4) is 0 Å². The highest BCUT2D eigenvalue weighted by Crippen LogP contribution is 2.12. The van der Waals surface area contributed by atoms with E-state index in [0.29, 0.717) is 0 Å². The number of aryl methyl sites for hydroxylation is 1. The summed E-state index contributed by atoms with van der Waals surface area (Å²) in [6, 6.07) is 7.89. The molecule has 2 aromatic rings. The summed E-state index contributed by atoms with van der Waals surface area (Å²) in [6.45, 7) is 2.58. The van der Waals surface area contributed by atoms with Crippen LogP contribution < -0.4 is 5.32 Å². The Kier molecular flexibility index (Phi) is 6.87. The number of rotatable bonds is 7. The lowest BCUT2D eigenvalue weighted by Gasteiger charge is -2.22. The molecule has 2 rings (SSSR count). The Morgan fingerprint density at radius 3 is 2.78 bits per heavy atom. The molecule has 1 heterocycles. The molecule has 0 unspecified atom stereocenters.